The Bertz CT molecular complexity index is 74.0. The maximum Gasteiger partial charge on any atom is 0.106 e. The second-order valence-corrected chi connectivity index (χ2v) is 3.11. The molecule has 0 radical (unpaired) electrons. The van der Waals surface area contributed by atoms with Crippen molar-refractivity contribution in [1.29, 1.82) is 0 Å². The number of carbonyl (C=O) groups excluding carboxylic acids is 1. The highest BCUT2D eigenvalue weighted by atomic mass is 16.1. The van der Waals surface area contributed by atoms with Crippen molar-refractivity contribution in [3.63, 3.8) is 0 Å². The van der Waals surface area contributed by atoms with E-state index in [1.807, 2.05) is 6.79 Å². The first-order chi connectivity index (χ1) is 5.16. The van der Waals surface area contributed by atoms with Crippen LogP contribution in [0.3, 0.4) is 0 Å². The summed E-state index contributed by atoms with van der Waals surface area (Å²) in [6.45, 7) is 7.79. The lowest BCUT2D eigenvalue weighted by Crippen LogP contribution is -2.15. The van der Waals surface area contributed by atoms with E-state index in [4.69, 9.17) is 4.79 Å². The quantitative estimate of drug-likeness (QED) is 0.623. The summed E-state index contributed by atoms with van der Waals surface area (Å²) in [4.78, 5) is 10.2. The van der Waals surface area contributed by atoms with Crippen molar-refractivity contribution in [3.05, 3.63) is 0 Å². The monoisotopic (exact) mass is 159 g/mol. The topological polar surface area (TPSA) is 20.3 Å². The fraction of sp³-hybridized carbons (Fsp3) is 0.889. The summed E-state index contributed by atoms with van der Waals surface area (Å²) < 4.78 is 0. The molecule has 2 heteroatoms. The largest absolute Gasteiger partial charge is 0.309 e. The zero-order valence-corrected chi connectivity index (χ0v) is 8.26. The van der Waals surface area contributed by atoms with Crippen LogP contribution in [0.1, 0.15) is 26.7 Å². The van der Waals surface area contributed by atoms with Gasteiger partial charge in [-0.15, -0.1) is 0 Å². The molecule has 68 valence electrons. The molecule has 0 N–H and O–H groups in total. The van der Waals surface area contributed by atoms with Gasteiger partial charge >= 0.3 is 0 Å². The molecule has 0 rings (SSSR count). The van der Waals surface area contributed by atoms with Gasteiger partial charge in [-0.05, 0) is 33.0 Å². The summed E-state index contributed by atoms with van der Waals surface area (Å²) in [5.74, 6) is 0.896. The molecule has 0 spiro atoms. The number of hydrogen-bond acceptors (Lipinski definition) is 2. The average Bonchev–Trinajstić information content (AvgIpc) is 2.04. The number of carbonyl (C=O) groups is 1. The highest BCUT2D eigenvalue weighted by molar-refractivity contribution is 5.10. The molecule has 0 aliphatic rings. The van der Waals surface area contributed by atoms with Crippen molar-refractivity contribution in [3.8, 4) is 0 Å². The molecule has 0 saturated carbocycles. The molecule has 0 bridgehead atoms. The van der Waals surface area contributed by atoms with Gasteiger partial charge in [-0.3, -0.25) is 0 Å². The first-order valence-electron chi connectivity index (χ1n) is 4.10. The normalized spacial score (nSPS) is 12.1. The Hall–Kier alpha value is -0.370. The SMILES string of the molecule is C=O.CCC(C)CCN(C)C. The van der Waals surface area contributed by atoms with Crippen LogP contribution >= 0.6 is 0 Å². The molecule has 0 fully saturated rings. The molecule has 0 aromatic heterocycles. The third-order valence-electron chi connectivity index (χ3n) is 1.77. The van der Waals surface area contributed by atoms with Crippen LogP contribution in [0.2, 0.25) is 0 Å². The molecule has 1 unspecified atom stereocenters. The van der Waals surface area contributed by atoms with E-state index in [2.05, 4.69) is 32.8 Å². The van der Waals surface area contributed by atoms with Gasteiger partial charge in [0, 0.05) is 0 Å². The smallest absolute Gasteiger partial charge is 0.106 e. The number of rotatable bonds is 4. The Morgan fingerprint density at radius 2 is 1.82 bits per heavy atom. The molecule has 0 aromatic carbocycles. The highest BCUT2D eigenvalue weighted by Crippen LogP contribution is 2.05. The molecular formula is C9H21NO. The summed E-state index contributed by atoms with van der Waals surface area (Å²) in [5.41, 5.74) is 0. The van der Waals surface area contributed by atoms with Crippen molar-refractivity contribution in [2.24, 2.45) is 5.92 Å². The maximum absolute atomic E-state index is 8.00. The molecule has 0 heterocycles. The van der Waals surface area contributed by atoms with Gasteiger partial charge < -0.3 is 9.69 Å². The molecule has 11 heavy (non-hydrogen) atoms. The third-order valence-corrected chi connectivity index (χ3v) is 1.77. The van der Waals surface area contributed by atoms with Crippen LogP contribution in [-0.2, 0) is 4.79 Å². The first-order valence-corrected chi connectivity index (χ1v) is 4.10. The van der Waals surface area contributed by atoms with Gasteiger partial charge in [0.2, 0.25) is 0 Å². The molecule has 0 aliphatic heterocycles. The van der Waals surface area contributed by atoms with Crippen LogP contribution in [0.5, 0.6) is 0 Å². The predicted molar refractivity (Wildman–Crippen MR) is 49.7 cm³/mol. The van der Waals surface area contributed by atoms with E-state index in [9.17, 15) is 0 Å². The van der Waals surface area contributed by atoms with E-state index in [1.54, 1.807) is 0 Å². The lowest BCUT2D eigenvalue weighted by Gasteiger charge is -2.12. The van der Waals surface area contributed by atoms with Crippen LogP contribution in [0, 0.1) is 5.92 Å². The Morgan fingerprint density at radius 1 is 1.36 bits per heavy atom. The second-order valence-electron chi connectivity index (χ2n) is 3.11. The maximum atomic E-state index is 8.00. The van der Waals surface area contributed by atoms with E-state index < -0.39 is 0 Å². The van der Waals surface area contributed by atoms with Crippen molar-refractivity contribution >= 4 is 6.79 Å². The lowest BCUT2D eigenvalue weighted by atomic mass is 10.1. The summed E-state index contributed by atoms with van der Waals surface area (Å²) in [6, 6.07) is 0. The Balaban J connectivity index is 0. The molecule has 0 amide bonds. The molecule has 0 saturated heterocycles. The fourth-order valence-corrected chi connectivity index (χ4v) is 0.683. The molecule has 0 aromatic rings. The minimum Gasteiger partial charge on any atom is -0.309 e. The Morgan fingerprint density at radius 3 is 2.09 bits per heavy atom. The van der Waals surface area contributed by atoms with Gasteiger partial charge in [0.25, 0.3) is 0 Å². The molecule has 1 atom stereocenters. The minimum absolute atomic E-state index is 0.896. The van der Waals surface area contributed by atoms with E-state index in [0.29, 0.717) is 0 Å². The average molecular weight is 159 g/mol. The van der Waals surface area contributed by atoms with E-state index in [1.165, 1.54) is 19.4 Å². The van der Waals surface area contributed by atoms with Gasteiger partial charge in [-0.1, -0.05) is 20.3 Å². The number of nitrogens with zero attached hydrogens (tertiary/aromatic N) is 1. The Kier molecular flexibility index (Phi) is 11.6. The van der Waals surface area contributed by atoms with Crippen LogP contribution in [0.4, 0.5) is 0 Å². The fourth-order valence-electron chi connectivity index (χ4n) is 0.683. The van der Waals surface area contributed by atoms with E-state index in [0.717, 1.165) is 5.92 Å². The molecule has 0 aliphatic carbocycles. The van der Waals surface area contributed by atoms with Gasteiger partial charge in [-0.2, -0.15) is 0 Å². The van der Waals surface area contributed by atoms with Crippen molar-refractivity contribution in [1.82, 2.24) is 4.90 Å². The lowest BCUT2D eigenvalue weighted by molar-refractivity contribution is -0.0979. The number of hydrogen-bond donors (Lipinski definition) is 0. The highest BCUT2D eigenvalue weighted by Gasteiger charge is 1.97. The second kappa shape index (κ2) is 9.63. The summed E-state index contributed by atoms with van der Waals surface area (Å²) in [6.07, 6.45) is 2.65. The summed E-state index contributed by atoms with van der Waals surface area (Å²) in [7, 11) is 4.25. The Labute approximate surface area is 70.6 Å². The predicted octanol–water partition coefficient (Wildman–Crippen LogP) is 1.80. The molecular weight excluding hydrogens is 138 g/mol. The van der Waals surface area contributed by atoms with Crippen LogP contribution in [0.25, 0.3) is 0 Å². The van der Waals surface area contributed by atoms with Crippen molar-refractivity contribution in [2.45, 2.75) is 26.7 Å². The van der Waals surface area contributed by atoms with Gasteiger partial charge in [0.05, 0.1) is 0 Å². The summed E-state index contributed by atoms with van der Waals surface area (Å²) >= 11 is 0. The third kappa shape index (κ3) is 12.8. The van der Waals surface area contributed by atoms with Crippen LogP contribution < -0.4 is 0 Å². The first kappa shape index (κ1) is 13.2. The zero-order valence-electron chi connectivity index (χ0n) is 8.26. The van der Waals surface area contributed by atoms with E-state index in [-0.39, 0.29) is 0 Å². The standard InChI is InChI=1S/C8H19N.CH2O/c1-5-8(2)6-7-9(3)4;1-2/h8H,5-7H2,1-4H3;1H2. The van der Waals surface area contributed by atoms with Crippen molar-refractivity contribution < 1.29 is 4.79 Å². The van der Waals surface area contributed by atoms with Gasteiger partial charge in [-0.25, -0.2) is 0 Å². The van der Waals surface area contributed by atoms with Crippen LogP contribution in [0.15, 0.2) is 0 Å². The minimum atomic E-state index is 0.896. The zero-order chi connectivity index (χ0) is 9.28. The van der Waals surface area contributed by atoms with Gasteiger partial charge in [0.15, 0.2) is 0 Å². The van der Waals surface area contributed by atoms with Crippen molar-refractivity contribution in [2.75, 3.05) is 20.6 Å². The van der Waals surface area contributed by atoms with E-state index >= 15 is 0 Å². The molecule has 2 nitrogen and oxygen atoms in total. The summed E-state index contributed by atoms with van der Waals surface area (Å²) in [5, 5.41) is 0. The van der Waals surface area contributed by atoms with Gasteiger partial charge in [0.1, 0.15) is 6.79 Å². The van der Waals surface area contributed by atoms with Crippen LogP contribution in [-0.4, -0.2) is 32.3 Å².